The summed E-state index contributed by atoms with van der Waals surface area (Å²) in [6, 6.07) is 3.32. The van der Waals surface area contributed by atoms with Crippen molar-refractivity contribution < 1.29 is 19.4 Å². The lowest BCUT2D eigenvalue weighted by Gasteiger charge is -2.09. The SMILES string of the molecule is CCCCCCSC(=O)C=Cc1cc(OC)c(O)c(OC)c1. The summed E-state index contributed by atoms with van der Waals surface area (Å²) in [6.45, 7) is 2.17. The summed E-state index contributed by atoms with van der Waals surface area (Å²) in [5.74, 6) is 1.45. The normalized spacial score (nSPS) is 10.9. The Morgan fingerprint density at radius 2 is 1.82 bits per heavy atom. The van der Waals surface area contributed by atoms with Gasteiger partial charge in [0.2, 0.25) is 10.9 Å². The van der Waals surface area contributed by atoms with Crippen LogP contribution in [0.4, 0.5) is 0 Å². The van der Waals surface area contributed by atoms with Gasteiger partial charge >= 0.3 is 0 Å². The molecule has 0 bridgehead atoms. The van der Waals surface area contributed by atoms with Crippen LogP contribution in [0.15, 0.2) is 18.2 Å². The predicted molar refractivity (Wildman–Crippen MR) is 91.9 cm³/mol. The first-order valence-electron chi connectivity index (χ1n) is 7.42. The maximum atomic E-state index is 11.8. The van der Waals surface area contributed by atoms with Crippen LogP contribution >= 0.6 is 11.8 Å². The van der Waals surface area contributed by atoms with Gasteiger partial charge in [0.25, 0.3) is 0 Å². The summed E-state index contributed by atoms with van der Waals surface area (Å²) < 4.78 is 10.2. The molecule has 0 spiro atoms. The van der Waals surface area contributed by atoms with Crippen LogP contribution < -0.4 is 9.47 Å². The first-order chi connectivity index (χ1) is 10.6. The van der Waals surface area contributed by atoms with Gasteiger partial charge in [-0.1, -0.05) is 44.0 Å². The van der Waals surface area contributed by atoms with Crippen LogP contribution in [0.2, 0.25) is 0 Å². The number of rotatable bonds is 9. The average Bonchev–Trinajstić information content (AvgIpc) is 2.53. The smallest absolute Gasteiger partial charge is 0.212 e. The zero-order valence-electron chi connectivity index (χ0n) is 13.4. The van der Waals surface area contributed by atoms with E-state index >= 15 is 0 Å². The number of ether oxygens (including phenoxy) is 2. The molecule has 0 fully saturated rings. The standard InChI is InChI=1S/C17H24O4S/c1-4-5-6-7-10-22-16(18)9-8-13-11-14(20-2)17(19)15(12-13)21-3/h8-9,11-12,19H,4-7,10H2,1-3H3. The molecule has 0 aromatic heterocycles. The topological polar surface area (TPSA) is 55.8 Å². The molecule has 0 aliphatic heterocycles. The van der Waals surface area contributed by atoms with Crippen molar-refractivity contribution in [3.05, 3.63) is 23.8 Å². The lowest BCUT2D eigenvalue weighted by molar-refractivity contribution is -0.107. The van der Waals surface area contributed by atoms with Crippen LogP contribution in [-0.2, 0) is 4.79 Å². The summed E-state index contributed by atoms with van der Waals surface area (Å²) in [5.41, 5.74) is 0.742. The summed E-state index contributed by atoms with van der Waals surface area (Å²) in [5, 5.41) is 9.86. The van der Waals surface area contributed by atoms with E-state index in [4.69, 9.17) is 9.47 Å². The zero-order chi connectivity index (χ0) is 16.4. The van der Waals surface area contributed by atoms with E-state index < -0.39 is 0 Å². The number of phenolic OH excluding ortho intramolecular Hbond substituents is 1. The molecule has 0 heterocycles. The van der Waals surface area contributed by atoms with Crippen molar-refractivity contribution in [2.75, 3.05) is 20.0 Å². The van der Waals surface area contributed by atoms with Crippen LogP contribution in [0.3, 0.4) is 0 Å². The minimum absolute atomic E-state index is 0.0301. The van der Waals surface area contributed by atoms with Gasteiger partial charge in [-0.25, -0.2) is 0 Å². The number of thioether (sulfide) groups is 1. The predicted octanol–water partition coefficient (Wildman–Crippen LogP) is 4.26. The number of carbonyl (C=O) groups excluding carboxylic acids is 1. The van der Waals surface area contributed by atoms with Crippen molar-refractivity contribution in [2.24, 2.45) is 0 Å². The molecule has 1 aromatic rings. The van der Waals surface area contributed by atoms with E-state index in [9.17, 15) is 9.90 Å². The van der Waals surface area contributed by atoms with Crippen molar-refractivity contribution >= 4 is 23.0 Å². The molecule has 0 aliphatic rings. The van der Waals surface area contributed by atoms with Crippen molar-refractivity contribution in [3.63, 3.8) is 0 Å². The van der Waals surface area contributed by atoms with Gasteiger partial charge in [-0.2, -0.15) is 0 Å². The van der Waals surface area contributed by atoms with Gasteiger partial charge in [0.15, 0.2) is 11.5 Å². The molecule has 0 aliphatic carbocycles. The number of unbranched alkanes of at least 4 members (excludes halogenated alkanes) is 3. The van der Waals surface area contributed by atoms with E-state index in [0.717, 1.165) is 17.7 Å². The monoisotopic (exact) mass is 324 g/mol. The molecule has 0 unspecified atom stereocenters. The Bertz CT molecular complexity index is 486. The Morgan fingerprint density at radius 1 is 1.18 bits per heavy atom. The third-order valence-corrected chi connectivity index (χ3v) is 4.07. The lowest BCUT2D eigenvalue weighted by Crippen LogP contribution is -1.91. The van der Waals surface area contributed by atoms with E-state index in [2.05, 4.69) is 6.92 Å². The summed E-state index contributed by atoms with van der Waals surface area (Å²) in [6.07, 6.45) is 7.90. The fourth-order valence-corrected chi connectivity index (χ4v) is 2.64. The number of aromatic hydroxyl groups is 1. The van der Waals surface area contributed by atoms with Crippen LogP contribution in [-0.4, -0.2) is 30.2 Å². The first-order valence-corrected chi connectivity index (χ1v) is 8.40. The Labute approximate surface area is 136 Å². The van der Waals surface area contributed by atoms with E-state index in [1.807, 2.05) is 0 Å². The first kappa shape index (κ1) is 18.4. The van der Waals surface area contributed by atoms with Gasteiger partial charge in [-0.05, 0) is 30.2 Å². The van der Waals surface area contributed by atoms with E-state index in [1.165, 1.54) is 51.3 Å². The molecule has 0 atom stereocenters. The quantitative estimate of drug-likeness (QED) is 0.543. The van der Waals surface area contributed by atoms with Crippen LogP contribution in [0, 0.1) is 0 Å². The molecule has 22 heavy (non-hydrogen) atoms. The van der Waals surface area contributed by atoms with Crippen molar-refractivity contribution in [1.29, 1.82) is 0 Å². The van der Waals surface area contributed by atoms with Crippen molar-refractivity contribution in [1.82, 2.24) is 0 Å². The number of phenols is 1. The fraction of sp³-hybridized carbons (Fsp3) is 0.471. The minimum atomic E-state index is -0.0428. The maximum absolute atomic E-state index is 11.8. The fourth-order valence-electron chi connectivity index (χ4n) is 1.92. The minimum Gasteiger partial charge on any atom is -0.502 e. The molecule has 0 saturated heterocycles. The van der Waals surface area contributed by atoms with Crippen LogP contribution in [0.25, 0.3) is 6.08 Å². The molecule has 122 valence electrons. The summed E-state index contributed by atoms with van der Waals surface area (Å²) in [7, 11) is 2.94. The molecular weight excluding hydrogens is 300 g/mol. The molecule has 0 radical (unpaired) electrons. The van der Waals surface area contributed by atoms with Gasteiger partial charge in [-0.3, -0.25) is 4.79 Å². The van der Waals surface area contributed by atoms with E-state index in [1.54, 1.807) is 18.2 Å². The maximum Gasteiger partial charge on any atom is 0.212 e. The second kappa shape index (κ2) is 10.2. The molecule has 5 heteroatoms. The van der Waals surface area contributed by atoms with Crippen molar-refractivity contribution in [3.8, 4) is 17.2 Å². The number of benzene rings is 1. The highest BCUT2D eigenvalue weighted by molar-refractivity contribution is 8.14. The second-order valence-electron chi connectivity index (χ2n) is 4.84. The molecule has 0 amide bonds. The molecule has 4 nitrogen and oxygen atoms in total. The third-order valence-electron chi connectivity index (χ3n) is 3.16. The second-order valence-corrected chi connectivity index (χ2v) is 5.93. The Kier molecular flexibility index (Phi) is 8.51. The highest BCUT2D eigenvalue weighted by Gasteiger charge is 2.10. The third kappa shape index (κ3) is 6.02. The van der Waals surface area contributed by atoms with Crippen LogP contribution in [0.1, 0.15) is 38.2 Å². The Hall–Kier alpha value is -1.62. The molecule has 1 aromatic carbocycles. The molecule has 1 rings (SSSR count). The Morgan fingerprint density at radius 3 is 2.36 bits per heavy atom. The number of carbonyl (C=O) groups is 1. The van der Waals surface area contributed by atoms with Gasteiger partial charge < -0.3 is 14.6 Å². The van der Waals surface area contributed by atoms with Gasteiger partial charge in [-0.15, -0.1) is 0 Å². The summed E-state index contributed by atoms with van der Waals surface area (Å²) >= 11 is 1.33. The highest BCUT2D eigenvalue weighted by Crippen LogP contribution is 2.37. The zero-order valence-corrected chi connectivity index (χ0v) is 14.2. The Balaban J connectivity index is 2.60. The van der Waals surface area contributed by atoms with E-state index in [-0.39, 0.29) is 10.9 Å². The van der Waals surface area contributed by atoms with Crippen LogP contribution in [0.5, 0.6) is 17.2 Å². The van der Waals surface area contributed by atoms with E-state index in [0.29, 0.717) is 11.5 Å². The number of hydrogen-bond acceptors (Lipinski definition) is 5. The highest BCUT2D eigenvalue weighted by atomic mass is 32.2. The van der Waals surface area contributed by atoms with Gasteiger partial charge in [0.1, 0.15) is 0 Å². The lowest BCUT2D eigenvalue weighted by atomic mass is 10.1. The van der Waals surface area contributed by atoms with Gasteiger partial charge in [0.05, 0.1) is 14.2 Å². The number of hydrogen-bond donors (Lipinski definition) is 1. The van der Waals surface area contributed by atoms with Crippen molar-refractivity contribution in [2.45, 2.75) is 32.6 Å². The molecule has 1 N–H and O–H groups in total. The average molecular weight is 324 g/mol. The van der Waals surface area contributed by atoms with Gasteiger partial charge in [0, 0.05) is 5.75 Å². The largest absolute Gasteiger partial charge is 0.502 e. The summed E-state index contributed by atoms with van der Waals surface area (Å²) in [4.78, 5) is 11.8. The number of methoxy groups -OCH3 is 2. The molecule has 0 saturated carbocycles. The molecular formula is C17H24O4S.